The average Bonchev–Trinajstić information content (AvgIpc) is 2.96. The van der Waals surface area contributed by atoms with Crippen LogP contribution in [0.5, 0.6) is 0 Å². The molecule has 0 fully saturated rings. The van der Waals surface area contributed by atoms with Crippen LogP contribution in [0.4, 0.5) is 0 Å². The van der Waals surface area contributed by atoms with E-state index in [-0.39, 0.29) is 43.5 Å². The zero-order valence-corrected chi connectivity index (χ0v) is 29.4. The number of aliphatic hydroxyl groups is 2. The quantitative estimate of drug-likeness (QED) is 0.0450. The van der Waals surface area contributed by atoms with Crippen LogP contribution in [0.25, 0.3) is 0 Å². The molecule has 3 unspecified atom stereocenters. The van der Waals surface area contributed by atoms with Gasteiger partial charge < -0.3 is 44.5 Å². The van der Waals surface area contributed by atoms with Crippen LogP contribution in [0.1, 0.15) is 93.4 Å². The summed E-state index contributed by atoms with van der Waals surface area (Å²) in [5.74, 6) is -2.61. The van der Waals surface area contributed by atoms with Gasteiger partial charge >= 0.3 is 17.9 Å². The van der Waals surface area contributed by atoms with Crippen molar-refractivity contribution in [1.82, 2.24) is 0 Å². The molecular formula is C34H64O12. The molecule has 3 atom stereocenters. The van der Waals surface area contributed by atoms with Crippen LogP contribution in [0.2, 0.25) is 0 Å². The van der Waals surface area contributed by atoms with Crippen molar-refractivity contribution in [3.05, 3.63) is 25.0 Å². The third-order valence-electron chi connectivity index (χ3n) is 7.26. The SMILES string of the molecule is C=C(C)C(=O)O.C=COCCCCOCCO.CC(C)CC(C)(CC(CC(C)(C(=O)O)C(C)C)OCCCCOCCO)C(=O)O. The summed E-state index contributed by atoms with van der Waals surface area (Å²) in [7, 11) is 0. The number of hydrogen-bond donors (Lipinski definition) is 5. The van der Waals surface area contributed by atoms with Gasteiger partial charge in [-0.3, -0.25) is 9.59 Å². The topological polar surface area (TPSA) is 189 Å². The molecule has 12 nitrogen and oxygen atoms in total. The standard InChI is InChI=1S/C22H42O7.C8H16O3.C4H6O2/c1-16(2)13-21(5,19(24)25)14-18(15-22(6,17(3)4)20(26)27)29-11-8-7-10-28-12-9-23;1-2-10-6-3-4-7-11-8-5-9;1-3(2)4(5)6/h16-18,23H,7-15H2,1-6H3,(H,24,25)(H,26,27);2,9H,1,3-8H2;1H2,2H3,(H,5,6). The molecule has 46 heavy (non-hydrogen) atoms. The van der Waals surface area contributed by atoms with Crippen LogP contribution in [0, 0.1) is 22.7 Å². The van der Waals surface area contributed by atoms with Crippen molar-refractivity contribution in [3.8, 4) is 0 Å². The predicted octanol–water partition coefficient (Wildman–Crippen LogP) is 5.41. The van der Waals surface area contributed by atoms with Crippen molar-refractivity contribution in [1.29, 1.82) is 0 Å². The van der Waals surface area contributed by atoms with Crippen LogP contribution in [-0.2, 0) is 33.3 Å². The fourth-order valence-electron chi connectivity index (χ4n) is 4.26. The van der Waals surface area contributed by atoms with Crippen LogP contribution in [0.3, 0.4) is 0 Å². The van der Waals surface area contributed by atoms with Crippen molar-refractivity contribution in [2.24, 2.45) is 22.7 Å². The highest BCUT2D eigenvalue weighted by molar-refractivity contribution is 5.84. The van der Waals surface area contributed by atoms with Gasteiger partial charge in [-0.2, -0.15) is 0 Å². The van der Waals surface area contributed by atoms with Crippen molar-refractivity contribution in [3.63, 3.8) is 0 Å². The Bertz CT molecular complexity index is 817. The van der Waals surface area contributed by atoms with Crippen LogP contribution < -0.4 is 0 Å². The number of aliphatic hydroxyl groups excluding tert-OH is 2. The Hall–Kier alpha value is -2.51. The van der Waals surface area contributed by atoms with Gasteiger partial charge in [0.25, 0.3) is 0 Å². The molecule has 0 saturated heterocycles. The normalized spacial score (nSPS) is 14.1. The van der Waals surface area contributed by atoms with Gasteiger partial charge in [0.1, 0.15) is 0 Å². The van der Waals surface area contributed by atoms with E-state index in [2.05, 4.69) is 13.2 Å². The van der Waals surface area contributed by atoms with Crippen LogP contribution in [-0.4, -0.2) is 102 Å². The summed E-state index contributed by atoms with van der Waals surface area (Å²) in [6, 6.07) is 0. The third kappa shape index (κ3) is 25.7. The maximum Gasteiger partial charge on any atom is 0.330 e. The lowest BCUT2D eigenvalue weighted by molar-refractivity contribution is -0.157. The number of unbranched alkanes of at least 4 members (excludes halogenated alkanes) is 2. The number of carboxylic acid groups (broad SMARTS) is 3. The molecule has 0 aromatic carbocycles. The highest BCUT2D eigenvalue weighted by atomic mass is 16.5. The first kappa shape index (κ1) is 47.9. The second kappa shape index (κ2) is 28.7. The predicted molar refractivity (Wildman–Crippen MR) is 178 cm³/mol. The van der Waals surface area contributed by atoms with E-state index in [1.165, 1.54) is 13.2 Å². The molecular weight excluding hydrogens is 600 g/mol. The number of hydrogen-bond acceptors (Lipinski definition) is 9. The lowest BCUT2D eigenvalue weighted by atomic mass is 9.70. The summed E-state index contributed by atoms with van der Waals surface area (Å²) in [5.41, 5.74) is -1.79. The van der Waals surface area contributed by atoms with E-state index in [1.807, 2.05) is 27.7 Å². The van der Waals surface area contributed by atoms with E-state index >= 15 is 0 Å². The third-order valence-corrected chi connectivity index (χ3v) is 7.26. The van der Waals surface area contributed by atoms with Crippen LogP contribution in [0.15, 0.2) is 25.0 Å². The monoisotopic (exact) mass is 664 g/mol. The molecule has 0 spiro atoms. The van der Waals surface area contributed by atoms with E-state index in [1.54, 1.807) is 13.8 Å². The molecule has 0 saturated carbocycles. The van der Waals surface area contributed by atoms with Crippen molar-refractivity contribution >= 4 is 17.9 Å². The Morgan fingerprint density at radius 1 is 0.739 bits per heavy atom. The van der Waals surface area contributed by atoms with E-state index in [4.69, 9.17) is 34.3 Å². The Morgan fingerprint density at radius 2 is 1.20 bits per heavy atom. The molecule has 0 amide bonds. The molecule has 0 heterocycles. The highest BCUT2D eigenvalue weighted by Gasteiger charge is 2.43. The molecule has 12 heteroatoms. The second-order valence-electron chi connectivity index (χ2n) is 12.5. The number of aliphatic carboxylic acids is 3. The number of carboxylic acids is 3. The van der Waals surface area contributed by atoms with Crippen molar-refractivity contribution in [2.45, 2.75) is 99.5 Å². The van der Waals surface area contributed by atoms with E-state index in [0.29, 0.717) is 46.1 Å². The zero-order valence-electron chi connectivity index (χ0n) is 29.4. The van der Waals surface area contributed by atoms with Gasteiger partial charge in [-0.25, -0.2) is 4.79 Å². The van der Waals surface area contributed by atoms with Crippen molar-refractivity contribution in [2.75, 3.05) is 52.9 Å². The number of rotatable bonds is 26. The fourth-order valence-corrected chi connectivity index (χ4v) is 4.26. The van der Waals surface area contributed by atoms with Gasteiger partial charge in [0.05, 0.1) is 56.2 Å². The Labute approximate surface area is 276 Å². The van der Waals surface area contributed by atoms with Gasteiger partial charge in [-0.1, -0.05) is 40.9 Å². The van der Waals surface area contributed by atoms with Gasteiger partial charge in [0, 0.05) is 25.4 Å². The Morgan fingerprint density at radius 3 is 1.54 bits per heavy atom. The summed E-state index contributed by atoms with van der Waals surface area (Å²) in [5, 5.41) is 44.6. The maximum absolute atomic E-state index is 12.0. The van der Waals surface area contributed by atoms with Gasteiger partial charge in [0.15, 0.2) is 0 Å². The summed E-state index contributed by atoms with van der Waals surface area (Å²) in [4.78, 5) is 33.5. The largest absolute Gasteiger partial charge is 0.502 e. The molecule has 0 aromatic rings. The molecule has 0 aliphatic heterocycles. The smallest absolute Gasteiger partial charge is 0.330 e. The first-order valence-electron chi connectivity index (χ1n) is 16.0. The summed E-state index contributed by atoms with van der Waals surface area (Å²) < 4.78 is 21.2. The molecule has 0 radical (unpaired) electrons. The van der Waals surface area contributed by atoms with E-state index < -0.39 is 34.8 Å². The minimum Gasteiger partial charge on any atom is -0.502 e. The molecule has 0 bridgehead atoms. The Balaban J connectivity index is -0.000000885. The maximum atomic E-state index is 12.0. The molecule has 0 aliphatic carbocycles. The van der Waals surface area contributed by atoms with Gasteiger partial charge in [0.2, 0.25) is 0 Å². The molecule has 0 aromatic heterocycles. The van der Waals surface area contributed by atoms with Crippen molar-refractivity contribution < 1.29 is 58.9 Å². The molecule has 0 rings (SSSR count). The van der Waals surface area contributed by atoms with Gasteiger partial charge in [-0.05, 0) is 77.6 Å². The molecule has 272 valence electrons. The van der Waals surface area contributed by atoms with E-state index in [9.17, 15) is 24.6 Å². The lowest BCUT2D eigenvalue weighted by Crippen LogP contribution is -2.41. The van der Waals surface area contributed by atoms with Gasteiger partial charge in [-0.15, -0.1) is 0 Å². The summed E-state index contributed by atoms with van der Waals surface area (Å²) >= 11 is 0. The number of carbonyl (C=O) groups is 3. The van der Waals surface area contributed by atoms with Crippen LogP contribution >= 0.6 is 0 Å². The fraction of sp³-hybridized carbons (Fsp3) is 0.794. The lowest BCUT2D eigenvalue weighted by Gasteiger charge is -2.36. The molecule has 5 N–H and O–H groups in total. The second-order valence-corrected chi connectivity index (χ2v) is 12.5. The zero-order chi connectivity index (χ0) is 36.2. The summed E-state index contributed by atoms with van der Waals surface area (Å²) in [6.07, 6.45) is 5.44. The average molecular weight is 665 g/mol. The first-order valence-corrected chi connectivity index (χ1v) is 16.0. The van der Waals surface area contributed by atoms with E-state index in [0.717, 1.165) is 25.7 Å². The highest BCUT2D eigenvalue weighted by Crippen LogP contribution is 2.39. The molecule has 0 aliphatic rings. The summed E-state index contributed by atoms with van der Waals surface area (Å²) in [6.45, 7) is 22.3. The first-order chi connectivity index (χ1) is 21.4. The minimum absolute atomic E-state index is 0.00876. The Kier molecular flexibility index (Phi) is 29.9. The minimum atomic E-state index is -0.994. The number of ether oxygens (including phenoxy) is 4.